The highest BCUT2D eigenvalue weighted by Crippen LogP contribution is 2.57. The number of hydrogen-bond donors (Lipinski definition) is 2. The van der Waals surface area contributed by atoms with Crippen molar-refractivity contribution in [3.05, 3.63) is 35.9 Å². The molecule has 0 bridgehead atoms. The highest BCUT2D eigenvalue weighted by atomic mass is 19.1. The molecular weight excluding hydrogens is 391 g/mol. The van der Waals surface area contributed by atoms with Gasteiger partial charge in [0, 0.05) is 37.8 Å². The molecule has 4 fully saturated rings. The smallest absolute Gasteiger partial charge is 0.246 e. The maximum Gasteiger partial charge on any atom is 0.246 e. The molecule has 2 N–H and O–H groups in total. The summed E-state index contributed by atoms with van der Waals surface area (Å²) in [4.78, 5) is 25.5. The molecule has 3 aliphatic heterocycles. The third kappa shape index (κ3) is 2.88. The van der Waals surface area contributed by atoms with Gasteiger partial charge in [-0.25, -0.2) is 20.2 Å². The predicted octanol–water partition coefficient (Wildman–Crippen LogP) is 0.0827. The van der Waals surface area contributed by atoms with Crippen molar-refractivity contribution < 1.29 is 13.7 Å². The number of piperidine rings is 1. The quantitative estimate of drug-likeness (QED) is 0.720. The number of nitrogens with zero attached hydrogens (tertiary/aromatic N) is 6. The molecule has 1 aliphatic carbocycles. The summed E-state index contributed by atoms with van der Waals surface area (Å²) in [5, 5.41) is 5.98. The number of pyridine rings is 1. The number of halogens is 1. The number of amides is 1. The summed E-state index contributed by atoms with van der Waals surface area (Å²) in [6.07, 6.45) is 1.50. The van der Waals surface area contributed by atoms with Crippen LogP contribution in [0.2, 0.25) is 0 Å². The molecule has 0 radical (unpaired) electrons. The van der Waals surface area contributed by atoms with Crippen molar-refractivity contribution in [2.24, 2.45) is 17.8 Å². The van der Waals surface area contributed by atoms with Crippen LogP contribution in [0.4, 0.5) is 10.2 Å². The first kappa shape index (κ1) is 18.2. The molecule has 1 amide bonds. The Bertz CT molecular complexity index is 973. The molecule has 4 aliphatic rings. The van der Waals surface area contributed by atoms with Gasteiger partial charge in [0.25, 0.3) is 0 Å². The summed E-state index contributed by atoms with van der Waals surface area (Å²) in [6, 6.07) is 2.61. The van der Waals surface area contributed by atoms with E-state index in [1.165, 1.54) is 18.3 Å². The summed E-state index contributed by atoms with van der Waals surface area (Å²) < 4.78 is 18.9. The van der Waals surface area contributed by atoms with Gasteiger partial charge in [0.15, 0.2) is 5.82 Å². The minimum Gasteiger partial charge on any atom is -0.356 e. The van der Waals surface area contributed by atoms with E-state index < -0.39 is 0 Å². The average Bonchev–Trinajstić information content (AvgIpc) is 3.16. The lowest BCUT2D eigenvalue weighted by Crippen LogP contribution is -2.63. The fourth-order valence-electron chi connectivity index (χ4n) is 5.07. The molecule has 0 aromatic carbocycles. The minimum atomic E-state index is -0.271. The highest BCUT2D eigenvalue weighted by Gasteiger charge is 2.58. The molecule has 30 heavy (non-hydrogen) atoms. The zero-order chi connectivity index (χ0) is 20.4. The number of nitrogens with one attached hydrogen (secondary N) is 2. The van der Waals surface area contributed by atoms with Gasteiger partial charge in [-0.05, 0) is 23.8 Å². The second-order valence-electron chi connectivity index (χ2n) is 8.64. The van der Waals surface area contributed by atoms with Gasteiger partial charge in [-0.3, -0.25) is 4.79 Å². The number of carbonyl (C=O) groups is 1. The van der Waals surface area contributed by atoms with Gasteiger partial charge in [-0.15, -0.1) is 0 Å². The van der Waals surface area contributed by atoms with Crippen molar-refractivity contribution in [3.8, 4) is 0 Å². The molecule has 10 nitrogen and oxygen atoms in total. The van der Waals surface area contributed by atoms with Crippen LogP contribution in [0.25, 0.3) is 0 Å². The molecule has 11 heteroatoms. The van der Waals surface area contributed by atoms with E-state index in [2.05, 4.69) is 37.8 Å². The Hall–Kier alpha value is -2.63. The highest BCUT2D eigenvalue weighted by molar-refractivity contribution is 5.83. The van der Waals surface area contributed by atoms with E-state index in [-0.39, 0.29) is 29.6 Å². The van der Waals surface area contributed by atoms with E-state index in [1.807, 2.05) is 0 Å². The van der Waals surface area contributed by atoms with Crippen molar-refractivity contribution >= 4 is 11.7 Å². The van der Waals surface area contributed by atoms with Gasteiger partial charge in [0.1, 0.15) is 24.2 Å². The summed E-state index contributed by atoms with van der Waals surface area (Å²) in [7, 11) is 0. The van der Waals surface area contributed by atoms with Gasteiger partial charge >= 0.3 is 0 Å². The van der Waals surface area contributed by atoms with Crippen LogP contribution in [-0.2, 0) is 11.3 Å². The Kier molecular flexibility index (Phi) is 4.05. The molecule has 6 rings (SSSR count). The van der Waals surface area contributed by atoms with Crippen LogP contribution < -0.4 is 15.8 Å². The standard InChI is InChI=1S/C19H23FN8O2/c1-10-5-22-28-17(10)19(29)27(9-23-28)8-15-24-18(25-30-15)16-12-6-26(7-13(12)16)14-4-11(20)2-3-21-14/h2-4,10,12-13,16-17,22-23H,5-9H2,1H3/t10?,12-,13+,16?,17?. The molecular formula is C19H23FN8O2. The van der Waals surface area contributed by atoms with Gasteiger partial charge in [-0.2, -0.15) is 10.1 Å². The molecule has 3 unspecified atom stereocenters. The van der Waals surface area contributed by atoms with Crippen LogP contribution in [0.5, 0.6) is 0 Å². The van der Waals surface area contributed by atoms with Crippen LogP contribution in [0.15, 0.2) is 22.9 Å². The molecule has 5 heterocycles. The predicted molar refractivity (Wildman–Crippen MR) is 102 cm³/mol. The third-order valence-corrected chi connectivity index (χ3v) is 6.73. The first-order valence-corrected chi connectivity index (χ1v) is 10.3. The van der Waals surface area contributed by atoms with Crippen molar-refractivity contribution in [2.45, 2.75) is 25.4 Å². The number of anilines is 1. The normalized spacial score (nSPS) is 33.1. The third-order valence-electron chi connectivity index (χ3n) is 6.73. The van der Waals surface area contributed by atoms with Gasteiger partial charge in [-0.1, -0.05) is 12.1 Å². The van der Waals surface area contributed by atoms with Crippen LogP contribution >= 0.6 is 0 Å². The average molecular weight is 414 g/mol. The number of carbonyl (C=O) groups excluding carboxylic acids is 1. The van der Waals surface area contributed by atoms with E-state index in [0.29, 0.717) is 42.6 Å². The fourth-order valence-corrected chi connectivity index (χ4v) is 5.07. The SMILES string of the molecule is CC1CNN2NCN(Cc3nc(C4[C@H]5CN(c6cc(F)ccn6)C[C@@H]45)no3)C(=O)C12. The minimum absolute atomic E-state index is 0.0625. The number of hydrazine groups is 2. The molecule has 1 saturated carbocycles. The van der Waals surface area contributed by atoms with Crippen molar-refractivity contribution in [1.82, 2.24) is 36.0 Å². The Morgan fingerprint density at radius 1 is 1.30 bits per heavy atom. The summed E-state index contributed by atoms with van der Waals surface area (Å²) in [5.74, 6) is 2.98. The lowest BCUT2D eigenvalue weighted by atomic mass is 10.0. The zero-order valence-electron chi connectivity index (χ0n) is 16.5. The topological polar surface area (TPSA) is 103 Å². The second kappa shape index (κ2) is 6.69. The fraction of sp³-hybridized carbons (Fsp3) is 0.579. The maximum absolute atomic E-state index is 13.4. The van der Waals surface area contributed by atoms with Gasteiger partial charge in [0.05, 0.1) is 6.67 Å². The Morgan fingerprint density at radius 2 is 2.13 bits per heavy atom. The summed E-state index contributed by atoms with van der Waals surface area (Å²) in [6.45, 7) is 5.15. The van der Waals surface area contributed by atoms with E-state index in [4.69, 9.17) is 4.52 Å². The summed E-state index contributed by atoms with van der Waals surface area (Å²) >= 11 is 0. The Morgan fingerprint density at radius 3 is 2.93 bits per heavy atom. The van der Waals surface area contributed by atoms with Crippen LogP contribution in [0, 0.1) is 23.6 Å². The van der Waals surface area contributed by atoms with E-state index in [9.17, 15) is 9.18 Å². The molecule has 3 saturated heterocycles. The van der Waals surface area contributed by atoms with Gasteiger partial charge < -0.3 is 14.3 Å². The lowest BCUT2D eigenvalue weighted by molar-refractivity contribution is -0.149. The Labute approximate surface area is 172 Å². The van der Waals surface area contributed by atoms with E-state index >= 15 is 0 Å². The first-order chi connectivity index (χ1) is 14.6. The Balaban J connectivity index is 1.09. The zero-order valence-corrected chi connectivity index (χ0v) is 16.5. The molecule has 0 spiro atoms. The monoisotopic (exact) mass is 414 g/mol. The van der Waals surface area contributed by atoms with Crippen molar-refractivity contribution in [3.63, 3.8) is 0 Å². The maximum atomic E-state index is 13.4. The first-order valence-electron chi connectivity index (χ1n) is 10.3. The molecule has 5 atom stereocenters. The number of fused-ring (bicyclic) bond motifs is 2. The number of aromatic nitrogens is 3. The number of hydrogen-bond acceptors (Lipinski definition) is 9. The van der Waals surface area contributed by atoms with E-state index in [1.54, 1.807) is 10.0 Å². The number of rotatable bonds is 4. The molecule has 158 valence electrons. The van der Waals surface area contributed by atoms with Crippen LogP contribution in [0.1, 0.15) is 24.6 Å². The van der Waals surface area contributed by atoms with Crippen molar-refractivity contribution in [2.75, 3.05) is 31.2 Å². The van der Waals surface area contributed by atoms with E-state index in [0.717, 1.165) is 19.6 Å². The second-order valence-corrected chi connectivity index (χ2v) is 8.64. The lowest BCUT2D eigenvalue weighted by Gasteiger charge is -2.37. The molecule has 2 aromatic rings. The van der Waals surface area contributed by atoms with Crippen LogP contribution in [0.3, 0.4) is 0 Å². The molecule has 2 aromatic heterocycles. The van der Waals surface area contributed by atoms with Crippen LogP contribution in [-0.4, -0.2) is 63.4 Å². The summed E-state index contributed by atoms with van der Waals surface area (Å²) in [5.41, 5.74) is 6.40. The van der Waals surface area contributed by atoms with Gasteiger partial charge in [0.2, 0.25) is 11.8 Å². The van der Waals surface area contributed by atoms with Crippen molar-refractivity contribution in [1.29, 1.82) is 0 Å². The largest absolute Gasteiger partial charge is 0.356 e.